The summed E-state index contributed by atoms with van der Waals surface area (Å²) >= 11 is 1.65. The fourth-order valence-corrected chi connectivity index (χ4v) is 4.81. The quantitative estimate of drug-likeness (QED) is 0.914. The molecule has 1 N–H and O–H groups in total. The molecule has 25 heavy (non-hydrogen) atoms. The molecule has 0 bridgehead atoms. The maximum atomic E-state index is 12.7. The van der Waals surface area contributed by atoms with Crippen LogP contribution in [0.3, 0.4) is 0 Å². The lowest BCUT2D eigenvalue weighted by molar-refractivity contribution is -0.121. The van der Waals surface area contributed by atoms with Gasteiger partial charge in [0.05, 0.1) is 4.88 Å². The van der Waals surface area contributed by atoms with E-state index in [0.717, 1.165) is 17.7 Å². The molecule has 2 aromatic rings. The number of nitrogens with one attached hydrogen (secondary N) is 1. The molecule has 1 aliphatic heterocycles. The van der Waals surface area contributed by atoms with Crippen molar-refractivity contribution in [2.75, 3.05) is 18.4 Å². The maximum Gasteiger partial charge on any atom is 0.263 e. The molecule has 1 fully saturated rings. The summed E-state index contributed by atoms with van der Waals surface area (Å²) in [5, 5.41) is 6.58. The van der Waals surface area contributed by atoms with E-state index in [0.29, 0.717) is 37.5 Å². The fourth-order valence-electron chi connectivity index (χ4n) is 3.59. The van der Waals surface area contributed by atoms with Gasteiger partial charge in [0.15, 0.2) is 5.82 Å². The molecule has 132 valence electrons. The van der Waals surface area contributed by atoms with Crippen LogP contribution in [0.25, 0.3) is 0 Å². The molecule has 4 rings (SSSR count). The highest BCUT2D eigenvalue weighted by molar-refractivity contribution is 7.14. The average Bonchev–Trinajstić information content (AvgIpc) is 3.30. The second-order valence-corrected chi connectivity index (χ2v) is 7.93. The van der Waals surface area contributed by atoms with Crippen LogP contribution in [-0.4, -0.2) is 35.0 Å². The average molecular weight is 359 g/mol. The Balaban J connectivity index is 1.33. The van der Waals surface area contributed by atoms with Gasteiger partial charge in [0, 0.05) is 30.0 Å². The number of carbonyl (C=O) groups is 2. The van der Waals surface area contributed by atoms with E-state index in [2.05, 4.69) is 16.5 Å². The molecule has 2 aliphatic rings. The first-order valence-corrected chi connectivity index (χ1v) is 9.57. The molecule has 1 aliphatic carbocycles. The minimum atomic E-state index is -0.0885. The molecule has 0 atom stereocenters. The van der Waals surface area contributed by atoms with E-state index in [-0.39, 0.29) is 17.7 Å². The SMILES string of the molecule is Cc1cc(NC(=O)C2CCN(C(=O)c3cc4c(s3)CCC4)CC2)no1. The number of hydrogen-bond donors (Lipinski definition) is 1. The zero-order valence-corrected chi connectivity index (χ0v) is 15.0. The van der Waals surface area contributed by atoms with Crippen molar-refractivity contribution in [1.29, 1.82) is 0 Å². The summed E-state index contributed by atoms with van der Waals surface area (Å²) in [6, 6.07) is 3.77. The van der Waals surface area contributed by atoms with Crippen LogP contribution in [0.1, 0.15) is 45.1 Å². The van der Waals surface area contributed by atoms with E-state index in [4.69, 9.17) is 4.52 Å². The minimum absolute atomic E-state index is 0.0458. The van der Waals surface area contributed by atoms with Crippen molar-refractivity contribution in [2.24, 2.45) is 5.92 Å². The highest BCUT2D eigenvalue weighted by Gasteiger charge is 2.29. The van der Waals surface area contributed by atoms with E-state index < -0.39 is 0 Å². The lowest BCUT2D eigenvalue weighted by Gasteiger charge is -2.30. The lowest BCUT2D eigenvalue weighted by Crippen LogP contribution is -2.41. The van der Waals surface area contributed by atoms with Crippen molar-refractivity contribution in [1.82, 2.24) is 10.1 Å². The number of carbonyl (C=O) groups excluding carboxylic acids is 2. The summed E-state index contributed by atoms with van der Waals surface area (Å²) < 4.78 is 4.96. The van der Waals surface area contributed by atoms with E-state index >= 15 is 0 Å². The third-order valence-electron chi connectivity index (χ3n) is 4.99. The van der Waals surface area contributed by atoms with Crippen molar-refractivity contribution in [2.45, 2.75) is 39.0 Å². The molecule has 0 saturated carbocycles. The highest BCUT2D eigenvalue weighted by Crippen LogP contribution is 2.32. The molecule has 2 amide bonds. The smallest absolute Gasteiger partial charge is 0.263 e. The zero-order valence-electron chi connectivity index (χ0n) is 14.2. The summed E-state index contributed by atoms with van der Waals surface area (Å²) in [4.78, 5) is 29.1. The molecule has 0 spiro atoms. The molecular weight excluding hydrogens is 338 g/mol. The van der Waals surface area contributed by atoms with E-state index in [9.17, 15) is 9.59 Å². The Hall–Kier alpha value is -2.15. The van der Waals surface area contributed by atoms with Crippen LogP contribution in [0, 0.1) is 12.8 Å². The van der Waals surface area contributed by atoms with Gasteiger partial charge in [0.2, 0.25) is 5.91 Å². The summed E-state index contributed by atoms with van der Waals surface area (Å²) in [5.74, 6) is 1.10. The van der Waals surface area contributed by atoms with Gasteiger partial charge in [-0.15, -0.1) is 11.3 Å². The van der Waals surface area contributed by atoms with Crippen molar-refractivity contribution in [3.05, 3.63) is 33.2 Å². The van der Waals surface area contributed by atoms with Crippen LogP contribution in [0.2, 0.25) is 0 Å². The van der Waals surface area contributed by atoms with Gasteiger partial charge in [-0.2, -0.15) is 0 Å². The molecular formula is C18H21N3O3S. The van der Waals surface area contributed by atoms with Gasteiger partial charge in [-0.05, 0) is 50.7 Å². The van der Waals surface area contributed by atoms with Gasteiger partial charge in [-0.1, -0.05) is 5.16 Å². The van der Waals surface area contributed by atoms with Gasteiger partial charge >= 0.3 is 0 Å². The van der Waals surface area contributed by atoms with Gasteiger partial charge < -0.3 is 14.7 Å². The van der Waals surface area contributed by atoms with Crippen LogP contribution in [0.5, 0.6) is 0 Å². The van der Waals surface area contributed by atoms with Gasteiger partial charge in [-0.25, -0.2) is 0 Å². The summed E-state index contributed by atoms with van der Waals surface area (Å²) in [6.45, 7) is 3.03. The van der Waals surface area contributed by atoms with Gasteiger partial charge in [0.25, 0.3) is 5.91 Å². The monoisotopic (exact) mass is 359 g/mol. The second-order valence-electron chi connectivity index (χ2n) is 6.79. The Kier molecular flexibility index (Phi) is 4.33. The first-order valence-electron chi connectivity index (χ1n) is 8.75. The van der Waals surface area contributed by atoms with Crippen LogP contribution >= 0.6 is 11.3 Å². The van der Waals surface area contributed by atoms with E-state index in [1.54, 1.807) is 24.3 Å². The molecule has 0 aromatic carbocycles. The third-order valence-corrected chi connectivity index (χ3v) is 6.21. The van der Waals surface area contributed by atoms with Crippen molar-refractivity contribution in [3.8, 4) is 0 Å². The molecule has 0 unspecified atom stereocenters. The predicted molar refractivity (Wildman–Crippen MR) is 94.8 cm³/mol. The number of aromatic nitrogens is 1. The minimum Gasteiger partial charge on any atom is -0.360 e. The Morgan fingerprint density at radius 2 is 2.08 bits per heavy atom. The lowest BCUT2D eigenvalue weighted by atomic mass is 9.96. The van der Waals surface area contributed by atoms with E-state index in [1.807, 2.05) is 4.90 Å². The van der Waals surface area contributed by atoms with Crippen LogP contribution in [-0.2, 0) is 17.6 Å². The number of likely N-dealkylation sites (tertiary alicyclic amines) is 1. The second kappa shape index (κ2) is 6.63. The fraction of sp³-hybridized carbons (Fsp3) is 0.500. The predicted octanol–water partition coefficient (Wildman–Crippen LogP) is 3.02. The Morgan fingerprint density at radius 1 is 1.28 bits per heavy atom. The number of hydrogen-bond acceptors (Lipinski definition) is 5. The Bertz CT molecular complexity index is 781. The number of thiophene rings is 1. The van der Waals surface area contributed by atoms with Crippen molar-refractivity contribution in [3.63, 3.8) is 0 Å². The number of piperidine rings is 1. The van der Waals surface area contributed by atoms with Crippen LogP contribution in [0.4, 0.5) is 5.82 Å². The number of aryl methyl sites for hydroxylation is 3. The topological polar surface area (TPSA) is 75.4 Å². The summed E-state index contributed by atoms with van der Waals surface area (Å²) in [5.41, 5.74) is 1.35. The molecule has 7 heteroatoms. The molecule has 1 saturated heterocycles. The zero-order chi connectivity index (χ0) is 17.4. The maximum absolute atomic E-state index is 12.7. The highest BCUT2D eigenvalue weighted by atomic mass is 32.1. The Labute approximate surface area is 150 Å². The summed E-state index contributed by atoms with van der Waals surface area (Å²) in [6.07, 6.45) is 4.78. The number of rotatable bonds is 3. The largest absolute Gasteiger partial charge is 0.360 e. The summed E-state index contributed by atoms with van der Waals surface area (Å²) in [7, 11) is 0. The Morgan fingerprint density at radius 3 is 2.76 bits per heavy atom. The molecule has 6 nitrogen and oxygen atoms in total. The molecule has 3 heterocycles. The van der Waals surface area contributed by atoms with Crippen molar-refractivity contribution >= 4 is 29.0 Å². The number of fused-ring (bicyclic) bond motifs is 1. The molecule has 2 aromatic heterocycles. The molecule has 0 radical (unpaired) electrons. The number of amides is 2. The van der Waals surface area contributed by atoms with Crippen molar-refractivity contribution < 1.29 is 14.1 Å². The first-order chi connectivity index (χ1) is 12.1. The standard InChI is InChI=1S/C18H21N3O3S/c1-11-9-16(20-24-11)19-17(22)12-5-7-21(8-6-12)18(23)15-10-13-3-2-4-14(13)25-15/h9-10,12H,2-8H2,1H3,(H,19,20,22). The van der Waals surface area contributed by atoms with Crippen LogP contribution in [0.15, 0.2) is 16.7 Å². The van der Waals surface area contributed by atoms with Crippen LogP contribution < -0.4 is 5.32 Å². The normalized spacial score (nSPS) is 17.6. The van der Waals surface area contributed by atoms with Gasteiger partial charge in [-0.3, -0.25) is 9.59 Å². The van der Waals surface area contributed by atoms with Gasteiger partial charge in [0.1, 0.15) is 5.76 Å². The number of anilines is 1. The third kappa shape index (κ3) is 3.33. The first kappa shape index (κ1) is 16.3. The van der Waals surface area contributed by atoms with E-state index in [1.165, 1.54) is 16.9 Å². The number of nitrogens with zero attached hydrogens (tertiary/aromatic N) is 2.